The Morgan fingerprint density at radius 1 is 1.10 bits per heavy atom. The number of hydrogen-bond donors (Lipinski definition) is 1. The van der Waals surface area contributed by atoms with Crippen molar-refractivity contribution in [1.29, 1.82) is 0 Å². The van der Waals surface area contributed by atoms with Crippen molar-refractivity contribution in [2.45, 2.75) is 11.8 Å². The summed E-state index contributed by atoms with van der Waals surface area (Å²) in [5, 5.41) is 4.29. The SMILES string of the molecule is Cc1ccc(S(=O)(=O)N(CC(=O)N/N=C/c2ccccn2)c2ccc(Cl)cc2)cc1. The van der Waals surface area contributed by atoms with Gasteiger partial charge in [-0.2, -0.15) is 5.10 Å². The molecule has 1 N–H and O–H groups in total. The maximum Gasteiger partial charge on any atom is 0.264 e. The lowest BCUT2D eigenvalue weighted by Crippen LogP contribution is -2.39. The monoisotopic (exact) mass is 442 g/mol. The van der Waals surface area contributed by atoms with Gasteiger partial charge in [-0.05, 0) is 55.5 Å². The summed E-state index contributed by atoms with van der Waals surface area (Å²) in [5.41, 5.74) is 4.12. The quantitative estimate of drug-likeness (QED) is 0.448. The van der Waals surface area contributed by atoms with Gasteiger partial charge in [-0.25, -0.2) is 13.8 Å². The number of carbonyl (C=O) groups is 1. The normalized spacial score (nSPS) is 11.4. The average molecular weight is 443 g/mol. The molecule has 0 aliphatic carbocycles. The zero-order valence-electron chi connectivity index (χ0n) is 16.1. The van der Waals surface area contributed by atoms with E-state index in [2.05, 4.69) is 15.5 Å². The molecule has 3 rings (SSSR count). The molecule has 9 heteroatoms. The second-order valence-electron chi connectivity index (χ2n) is 6.35. The van der Waals surface area contributed by atoms with Gasteiger partial charge >= 0.3 is 0 Å². The van der Waals surface area contributed by atoms with Crippen molar-refractivity contribution in [1.82, 2.24) is 10.4 Å². The first-order valence-corrected chi connectivity index (χ1v) is 10.8. The second-order valence-corrected chi connectivity index (χ2v) is 8.65. The molecule has 0 saturated carbocycles. The molecular formula is C21H19ClN4O3S. The Labute approximate surface area is 180 Å². The highest BCUT2D eigenvalue weighted by atomic mass is 35.5. The maximum atomic E-state index is 13.2. The summed E-state index contributed by atoms with van der Waals surface area (Å²) in [5.74, 6) is -0.604. The van der Waals surface area contributed by atoms with Gasteiger partial charge < -0.3 is 0 Å². The number of hydrogen-bond acceptors (Lipinski definition) is 5. The van der Waals surface area contributed by atoms with Crippen LogP contribution in [0.5, 0.6) is 0 Å². The van der Waals surface area contributed by atoms with Crippen LogP contribution in [0.4, 0.5) is 5.69 Å². The molecule has 3 aromatic rings. The molecule has 0 radical (unpaired) electrons. The fourth-order valence-corrected chi connectivity index (χ4v) is 4.10. The molecule has 1 aromatic heterocycles. The van der Waals surface area contributed by atoms with Crippen molar-refractivity contribution in [2.75, 3.05) is 10.8 Å². The minimum atomic E-state index is -3.99. The highest BCUT2D eigenvalue weighted by molar-refractivity contribution is 7.92. The van der Waals surface area contributed by atoms with E-state index in [0.717, 1.165) is 9.87 Å². The van der Waals surface area contributed by atoms with E-state index < -0.39 is 22.5 Å². The van der Waals surface area contributed by atoms with Crippen LogP contribution in [0.15, 0.2) is 82.9 Å². The van der Waals surface area contributed by atoms with Gasteiger partial charge in [-0.1, -0.05) is 35.4 Å². The molecule has 1 amide bonds. The third-order valence-electron chi connectivity index (χ3n) is 4.08. The Bertz CT molecular complexity index is 1130. The Morgan fingerprint density at radius 2 is 1.80 bits per heavy atom. The molecule has 0 saturated heterocycles. The summed E-state index contributed by atoms with van der Waals surface area (Å²) in [6.45, 7) is 1.40. The fraction of sp³-hybridized carbons (Fsp3) is 0.0952. The number of aromatic nitrogens is 1. The zero-order valence-corrected chi connectivity index (χ0v) is 17.6. The van der Waals surface area contributed by atoms with Crippen LogP contribution in [0.2, 0.25) is 5.02 Å². The highest BCUT2D eigenvalue weighted by Crippen LogP contribution is 2.25. The van der Waals surface area contributed by atoms with Crippen LogP contribution < -0.4 is 9.73 Å². The van der Waals surface area contributed by atoms with E-state index in [1.807, 2.05) is 6.92 Å². The average Bonchev–Trinajstić information content (AvgIpc) is 2.74. The number of anilines is 1. The first-order chi connectivity index (χ1) is 14.4. The number of nitrogens with zero attached hydrogens (tertiary/aromatic N) is 3. The van der Waals surface area contributed by atoms with Gasteiger partial charge in [0, 0.05) is 11.2 Å². The highest BCUT2D eigenvalue weighted by Gasteiger charge is 2.27. The lowest BCUT2D eigenvalue weighted by atomic mass is 10.2. The summed E-state index contributed by atoms with van der Waals surface area (Å²) in [6.07, 6.45) is 2.97. The number of pyridine rings is 1. The number of hydrazone groups is 1. The molecule has 0 aliphatic rings. The predicted octanol–water partition coefficient (Wildman–Crippen LogP) is 3.39. The first kappa shape index (κ1) is 21.5. The third kappa shape index (κ3) is 5.43. The second kappa shape index (κ2) is 9.51. The van der Waals surface area contributed by atoms with E-state index in [4.69, 9.17) is 11.6 Å². The van der Waals surface area contributed by atoms with Crippen LogP contribution in [0.1, 0.15) is 11.3 Å². The molecular weight excluding hydrogens is 424 g/mol. The van der Waals surface area contributed by atoms with Crippen LogP contribution in [-0.2, 0) is 14.8 Å². The summed E-state index contributed by atoms with van der Waals surface area (Å²) < 4.78 is 27.5. The number of sulfonamides is 1. The number of benzene rings is 2. The van der Waals surface area contributed by atoms with Crippen molar-refractivity contribution in [3.05, 3.63) is 89.2 Å². The van der Waals surface area contributed by atoms with Crippen molar-refractivity contribution < 1.29 is 13.2 Å². The number of nitrogens with one attached hydrogen (secondary N) is 1. The van der Waals surface area contributed by atoms with E-state index in [1.165, 1.54) is 18.3 Å². The number of aryl methyl sites for hydroxylation is 1. The van der Waals surface area contributed by atoms with Crippen molar-refractivity contribution in [2.24, 2.45) is 5.10 Å². The number of amides is 1. The molecule has 0 aliphatic heterocycles. The van der Waals surface area contributed by atoms with Crippen LogP contribution in [0.3, 0.4) is 0 Å². The fourth-order valence-electron chi connectivity index (χ4n) is 2.55. The minimum absolute atomic E-state index is 0.0767. The van der Waals surface area contributed by atoms with E-state index in [-0.39, 0.29) is 4.90 Å². The van der Waals surface area contributed by atoms with Crippen molar-refractivity contribution in [3.8, 4) is 0 Å². The minimum Gasteiger partial charge on any atom is -0.271 e. The summed E-state index contributed by atoms with van der Waals surface area (Å²) in [6, 6.07) is 17.9. The molecule has 0 bridgehead atoms. The van der Waals surface area contributed by atoms with E-state index in [9.17, 15) is 13.2 Å². The van der Waals surface area contributed by atoms with Crippen molar-refractivity contribution in [3.63, 3.8) is 0 Å². The van der Waals surface area contributed by atoms with Gasteiger partial charge in [-0.3, -0.25) is 14.1 Å². The van der Waals surface area contributed by atoms with Crippen molar-refractivity contribution >= 4 is 39.4 Å². The van der Waals surface area contributed by atoms with E-state index in [0.29, 0.717) is 16.4 Å². The largest absolute Gasteiger partial charge is 0.271 e. The first-order valence-electron chi connectivity index (χ1n) is 8.94. The number of rotatable bonds is 7. The number of halogens is 1. The van der Waals surface area contributed by atoms with Gasteiger partial charge in [0.1, 0.15) is 6.54 Å². The lowest BCUT2D eigenvalue weighted by molar-refractivity contribution is -0.119. The molecule has 0 unspecified atom stereocenters. The van der Waals surface area contributed by atoms with E-state index >= 15 is 0 Å². The molecule has 0 atom stereocenters. The van der Waals surface area contributed by atoms with E-state index in [1.54, 1.807) is 60.8 Å². The summed E-state index contributed by atoms with van der Waals surface area (Å²) >= 11 is 5.93. The van der Waals surface area contributed by atoms with Crippen LogP contribution in [0, 0.1) is 6.92 Å². The van der Waals surface area contributed by atoms with Gasteiger partial charge in [0.15, 0.2) is 0 Å². The third-order valence-corrected chi connectivity index (χ3v) is 6.12. The predicted molar refractivity (Wildman–Crippen MR) is 117 cm³/mol. The molecule has 1 heterocycles. The Kier molecular flexibility index (Phi) is 6.81. The van der Waals surface area contributed by atoms with Gasteiger partial charge in [-0.15, -0.1) is 0 Å². The summed E-state index contributed by atoms with van der Waals surface area (Å²) in [7, 11) is -3.99. The van der Waals surface area contributed by atoms with Crippen LogP contribution in [-0.4, -0.2) is 32.1 Å². The van der Waals surface area contributed by atoms with Gasteiger partial charge in [0.05, 0.1) is 22.5 Å². The Balaban J connectivity index is 1.84. The Morgan fingerprint density at radius 3 is 2.43 bits per heavy atom. The molecule has 0 spiro atoms. The zero-order chi connectivity index (χ0) is 21.6. The molecule has 2 aromatic carbocycles. The summed E-state index contributed by atoms with van der Waals surface area (Å²) in [4.78, 5) is 16.6. The molecule has 30 heavy (non-hydrogen) atoms. The van der Waals surface area contributed by atoms with Gasteiger partial charge in [0.25, 0.3) is 15.9 Å². The van der Waals surface area contributed by atoms with Crippen LogP contribution >= 0.6 is 11.6 Å². The lowest BCUT2D eigenvalue weighted by Gasteiger charge is -2.23. The topological polar surface area (TPSA) is 91.7 Å². The van der Waals surface area contributed by atoms with Gasteiger partial charge in [0.2, 0.25) is 0 Å². The molecule has 154 valence electrons. The molecule has 7 nitrogen and oxygen atoms in total. The maximum absolute atomic E-state index is 13.2. The Hall–Kier alpha value is -3.23. The molecule has 0 fully saturated rings. The standard InChI is InChI=1S/C21H19ClN4O3S/c1-16-5-11-20(12-6-16)30(28,29)26(19-9-7-17(22)8-10-19)15-21(27)25-24-14-18-4-2-3-13-23-18/h2-14H,15H2,1H3,(H,25,27)/b24-14+. The smallest absolute Gasteiger partial charge is 0.264 e. The van der Waals surface area contributed by atoms with Crippen LogP contribution in [0.25, 0.3) is 0 Å². The number of carbonyl (C=O) groups excluding carboxylic acids is 1.